The van der Waals surface area contributed by atoms with E-state index in [0.29, 0.717) is 5.76 Å². The lowest BCUT2D eigenvalue weighted by atomic mass is 10.5. The second-order valence-electron chi connectivity index (χ2n) is 2.59. The highest BCUT2D eigenvalue weighted by Gasteiger charge is 2.23. The molecule has 1 saturated carbocycles. The zero-order valence-corrected chi connectivity index (χ0v) is 6.76. The second kappa shape index (κ2) is 2.74. The summed E-state index contributed by atoms with van der Waals surface area (Å²) in [4.78, 5) is 10.2. The maximum absolute atomic E-state index is 10.2. The molecule has 0 amide bonds. The Morgan fingerprint density at radius 2 is 2.36 bits per heavy atom. The van der Waals surface area contributed by atoms with E-state index in [2.05, 4.69) is 0 Å². The van der Waals surface area contributed by atoms with Crippen molar-refractivity contribution in [2.24, 2.45) is 0 Å². The molecular formula is C8H8O2S. The average Bonchev–Trinajstić information content (AvgIpc) is 2.68. The fraction of sp³-hybridized carbons (Fsp3) is 0.375. The number of thioether (sulfide) groups is 1. The van der Waals surface area contributed by atoms with Gasteiger partial charge in [0.15, 0.2) is 17.1 Å². The predicted molar refractivity (Wildman–Crippen MR) is 43.0 cm³/mol. The highest BCUT2D eigenvalue weighted by Crippen LogP contribution is 2.39. The normalized spacial score (nSPS) is 16.7. The van der Waals surface area contributed by atoms with Gasteiger partial charge in [0.2, 0.25) is 0 Å². The summed E-state index contributed by atoms with van der Waals surface area (Å²) in [6.45, 7) is 0. The molecule has 0 spiro atoms. The maximum atomic E-state index is 10.2. The van der Waals surface area contributed by atoms with E-state index < -0.39 is 0 Å². The fourth-order valence-electron chi connectivity index (χ4n) is 0.811. The van der Waals surface area contributed by atoms with Gasteiger partial charge in [0.05, 0.1) is 0 Å². The lowest BCUT2D eigenvalue weighted by molar-refractivity contribution is 0.109. The Kier molecular flexibility index (Phi) is 1.74. The van der Waals surface area contributed by atoms with Crippen molar-refractivity contribution in [1.82, 2.24) is 0 Å². The van der Waals surface area contributed by atoms with Crippen molar-refractivity contribution < 1.29 is 9.21 Å². The monoisotopic (exact) mass is 168 g/mol. The molecule has 1 aliphatic rings. The lowest BCUT2D eigenvalue weighted by Crippen LogP contribution is -1.70. The van der Waals surface area contributed by atoms with Crippen LogP contribution in [-0.4, -0.2) is 11.5 Å². The van der Waals surface area contributed by atoms with Crippen LogP contribution in [0.1, 0.15) is 23.4 Å². The molecule has 0 bridgehead atoms. The van der Waals surface area contributed by atoms with Gasteiger partial charge in [-0.25, -0.2) is 0 Å². The summed E-state index contributed by atoms with van der Waals surface area (Å²) in [6, 6.07) is 3.56. The van der Waals surface area contributed by atoms with Gasteiger partial charge in [-0.15, -0.1) is 0 Å². The Morgan fingerprint density at radius 1 is 1.55 bits per heavy atom. The van der Waals surface area contributed by atoms with Crippen molar-refractivity contribution in [2.45, 2.75) is 23.2 Å². The Balaban J connectivity index is 2.05. The first-order valence-corrected chi connectivity index (χ1v) is 4.48. The third-order valence-corrected chi connectivity index (χ3v) is 2.78. The van der Waals surface area contributed by atoms with Crippen molar-refractivity contribution in [1.29, 1.82) is 0 Å². The summed E-state index contributed by atoms with van der Waals surface area (Å²) < 4.78 is 5.18. The van der Waals surface area contributed by atoms with Crippen molar-refractivity contribution in [3.8, 4) is 0 Å². The summed E-state index contributed by atoms with van der Waals surface area (Å²) in [5, 5.41) is 1.61. The van der Waals surface area contributed by atoms with Gasteiger partial charge >= 0.3 is 0 Å². The minimum absolute atomic E-state index is 0.424. The molecule has 1 aliphatic carbocycles. The molecule has 3 heteroatoms. The Morgan fingerprint density at radius 3 is 2.91 bits per heavy atom. The van der Waals surface area contributed by atoms with Gasteiger partial charge in [-0.3, -0.25) is 4.79 Å². The van der Waals surface area contributed by atoms with Crippen LogP contribution >= 0.6 is 11.8 Å². The summed E-state index contributed by atoms with van der Waals surface area (Å²) in [6.07, 6.45) is 3.29. The van der Waals surface area contributed by atoms with Crippen molar-refractivity contribution >= 4 is 18.0 Å². The van der Waals surface area contributed by atoms with E-state index in [1.165, 1.54) is 12.8 Å². The Bertz CT molecular complexity index is 263. The molecule has 0 atom stereocenters. The Labute approximate surface area is 69.0 Å². The topological polar surface area (TPSA) is 30.2 Å². The minimum atomic E-state index is 0.424. The van der Waals surface area contributed by atoms with E-state index in [0.717, 1.165) is 16.6 Å². The molecule has 0 radical (unpaired) electrons. The van der Waals surface area contributed by atoms with Gasteiger partial charge in [-0.1, -0.05) is 11.8 Å². The molecule has 1 aromatic heterocycles. The van der Waals surface area contributed by atoms with E-state index in [4.69, 9.17) is 4.42 Å². The lowest BCUT2D eigenvalue weighted by Gasteiger charge is -1.89. The number of aldehydes is 1. The van der Waals surface area contributed by atoms with Gasteiger partial charge in [0.25, 0.3) is 0 Å². The van der Waals surface area contributed by atoms with Crippen LogP contribution in [0.4, 0.5) is 0 Å². The number of carbonyl (C=O) groups is 1. The van der Waals surface area contributed by atoms with Gasteiger partial charge in [-0.2, -0.15) is 0 Å². The highest BCUT2D eigenvalue weighted by atomic mass is 32.2. The summed E-state index contributed by atoms with van der Waals surface area (Å²) in [5.74, 6) is 0.424. The van der Waals surface area contributed by atoms with Crippen molar-refractivity contribution in [3.63, 3.8) is 0 Å². The first kappa shape index (κ1) is 6.98. The van der Waals surface area contributed by atoms with E-state index in [9.17, 15) is 4.79 Å². The smallest absolute Gasteiger partial charge is 0.185 e. The standard InChI is InChI=1S/C8H8O2S/c9-5-6-1-4-8(10-6)11-7-2-3-7/h1,4-5,7H,2-3H2. The fourth-order valence-corrected chi connectivity index (χ4v) is 1.80. The average molecular weight is 168 g/mol. The zero-order valence-electron chi connectivity index (χ0n) is 5.95. The SMILES string of the molecule is O=Cc1ccc(SC2CC2)o1. The highest BCUT2D eigenvalue weighted by molar-refractivity contribution is 8.00. The zero-order chi connectivity index (χ0) is 7.68. The third kappa shape index (κ3) is 1.66. The van der Waals surface area contributed by atoms with Crippen LogP contribution in [0.3, 0.4) is 0 Å². The van der Waals surface area contributed by atoms with Crippen LogP contribution in [0.15, 0.2) is 21.6 Å². The quantitative estimate of drug-likeness (QED) is 0.649. The largest absolute Gasteiger partial charge is 0.447 e. The summed E-state index contributed by atoms with van der Waals surface area (Å²) in [7, 11) is 0. The molecule has 2 rings (SSSR count). The number of hydrogen-bond acceptors (Lipinski definition) is 3. The van der Waals surface area contributed by atoms with Crippen LogP contribution < -0.4 is 0 Å². The van der Waals surface area contributed by atoms with Gasteiger partial charge in [0.1, 0.15) is 0 Å². The minimum Gasteiger partial charge on any atom is -0.447 e. The van der Waals surface area contributed by atoms with E-state index >= 15 is 0 Å². The van der Waals surface area contributed by atoms with Crippen LogP contribution in [0.2, 0.25) is 0 Å². The molecule has 0 N–H and O–H groups in total. The van der Waals surface area contributed by atoms with E-state index in [-0.39, 0.29) is 0 Å². The molecule has 0 unspecified atom stereocenters. The first-order valence-electron chi connectivity index (χ1n) is 3.60. The molecule has 2 nitrogen and oxygen atoms in total. The molecule has 11 heavy (non-hydrogen) atoms. The number of rotatable bonds is 3. The molecule has 1 aromatic rings. The number of carbonyl (C=O) groups excluding carboxylic acids is 1. The Hall–Kier alpha value is -0.700. The molecule has 0 aromatic carbocycles. The second-order valence-corrected chi connectivity index (χ2v) is 3.90. The maximum Gasteiger partial charge on any atom is 0.185 e. The number of hydrogen-bond donors (Lipinski definition) is 0. The molecule has 58 valence electrons. The molecule has 1 fully saturated rings. The first-order chi connectivity index (χ1) is 5.38. The predicted octanol–water partition coefficient (Wildman–Crippen LogP) is 2.35. The van der Waals surface area contributed by atoms with Gasteiger partial charge in [-0.05, 0) is 25.0 Å². The summed E-state index contributed by atoms with van der Waals surface area (Å²) in [5.41, 5.74) is 0. The summed E-state index contributed by atoms with van der Waals surface area (Å²) >= 11 is 1.72. The number of furan rings is 1. The van der Waals surface area contributed by atoms with Gasteiger partial charge < -0.3 is 4.42 Å². The van der Waals surface area contributed by atoms with Crippen molar-refractivity contribution in [2.75, 3.05) is 0 Å². The molecule has 1 heterocycles. The molecule has 0 saturated heterocycles. The van der Waals surface area contributed by atoms with Crippen LogP contribution in [0.25, 0.3) is 0 Å². The third-order valence-electron chi connectivity index (χ3n) is 1.53. The van der Waals surface area contributed by atoms with Crippen LogP contribution in [-0.2, 0) is 0 Å². The molecular weight excluding hydrogens is 160 g/mol. The van der Waals surface area contributed by atoms with Crippen molar-refractivity contribution in [3.05, 3.63) is 17.9 Å². The van der Waals surface area contributed by atoms with Gasteiger partial charge in [0, 0.05) is 5.25 Å². The molecule has 0 aliphatic heterocycles. The van der Waals surface area contributed by atoms with Crippen LogP contribution in [0, 0.1) is 0 Å². The van der Waals surface area contributed by atoms with Crippen LogP contribution in [0.5, 0.6) is 0 Å². The van der Waals surface area contributed by atoms with E-state index in [1.54, 1.807) is 17.8 Å². The van der Waals surface area contributed by atoms with E-state index in [1.807, 2.05) is 6.07 Å².